The molecule has 1 aromatic rings. The number of ether oxygens (including phenoxy) is 2. The third kappa shape index (κ3) is 4.36. The Balaban J connectivity index is 1.22. The minimum atomic E-state index is -3.71. The molecule has 4 heterocycles. The molecule has 1 unspecified atom stereocenters. The summed E-state index contributed by atoms with van der Waals surface area (Å²) in [6, 6.07) is 4.00. The van der Waals surface area contributed by atoms with E-state index in [4.69, 9.17) is 0 Å². The topological polar surface area (TPSA) is 84.9 Å². The summed E-state index contributed by atoms with van der Waals surface area (Å²) >= 11 is 0. The number of hydrogen-bond acceptors (Lipinski definition) is 6. The average molecular weight is 471 g/mol. The summed E-state index contributed by atoms with van der Waals surface area (Å²) in [5.74, 6) is 0.127. The highest BCUT2D eigenvalue weighted by molar-refractivity contribution is 7.89. The van der Waals surface area contributed by atoms with E-state index in [1.54, 1.807) is 4.31 Å². The van der Waals surface area contributed by atoms with Gasteiger partial charge in [0.05, 0.1) is 5.75 Å². The number of piperidine rings is 2. The molecule has 32 heavy (non-hydrogen) atoms. The van der Waals surface area contributed by atoms with Crippen molar-refractivity contribution in [2.75, 3.05) is 18.8 Å². The number of sulfonamides is 1. The number of carbonyl (C=O) groups excluding carboxylic acids is 1. The molecule has 176 valence electrons. The molecule has 0 aromatic heterocycles. The highest BCUT2D eigenvalue weighted by atomic mass is 32.2. The number of alkyl halides is 2. The van der Waals surface area contributed by atoms with E-state index in [-0.39, 0.29) is 53.4 Å². The molecule has 0 aliphatic carbocycles. The molecule has 3 atom stereocenters. The van der Waals surface area contributed by atoms with E-state index < -0.39 is 16.3 Å². The van der Waals surface area contributed by atoms with Crippen LogP contribution in [0, 0.1) is 11.8 Å². The van der Waals surface area contributed by atoms with Crippen molar-refractivity contribution < 1.29 is 31.5 Å². The van der Waals surface area contributed by atoms with Crippen molar-refractivity contribution >= 4 is 15.8 Å². The molecule has 1 N–H and O–H groups in total. The third-order valence-electron chi connectivity index (χ3n) is 7.19. The zero-order chi connectivity index (χ0) is 22.5. The summed E-state index contributed by atoms with van der Waals surface area (Å²) in [7, 11) is -3.32. The van der Waals surface area contributed by atoms with Crippen LogP contribution in [0.25, 0.3) is 0 Å². The van der Waals surface area contributed by atoms with Gasteiger partial charge in [0.25, 0.3) is 0 Å². The van der Waals surface area contributed by atoms with Crippen molar-refractivity contribution in [3.8, 4) is 11.5 Å². The Hall–Kier alpha value is -1.78. The van der Waals surface area contributed by atoms with Gasteiger partial charge in [-0.15, -0.1) is 8.78 Å². The van der Waals surface area contributed by atoms with Crippen LogP contribution in [-0.2, 0) is 10.0 Å². The zero-order valence-corrected chi connectivity index (χ0v) is 18.6. The third-order valence-corrected chi connectivity index (χ3v) is 9.32. The molecular formula is C22H28F2N2O5S. The van der Waals surface area contributed by atoms with Crippen molar-refractivity contribution in [3.05, 3.63) is 23.8 Å². The molecule has 1 aromatic carbocycles. The lowest BCUT2D eigenvalue weighted by molar-refractivity contribution is -0.286. The van der Waals surface area contributed by atoms with E-state index in [2.05, 4.69) is 14.8 Å². The van der Waals surface area contributed by atoms with Crippen LogP contribution in [0.15, 0.2) is 18.2 Å². The number of benzene rings is 1. The highest BCUT2D eigenvalue weighted by Crippen LogP contribution is 2.44. The van der Waals surface area contributed by atoms with Gasteiger partial charge in [0, 0.05) is 24.1 Å². The fraction of sp³-hybridized carbons (Fsp3) is 0.682. The molecular weight excluding hydrogens is 442 g/mol. The number of nitrogens with one attached hydrogen (secondary N) is 1. The number of rotatable bonds is 6. The van der Waals surface area contributed by atoms with Crippen LogP contribution >= 0.6 is 0 Å². The van der Waals surface area contributed by atoms with Crippen molar-refractivity contribution in [1.29, 1.82) is 0 Å². The molecule has 10 heteroatoms. The lowest BCUT2D eigenvalue weighted by Gasteiger charge is -2.38. The predicted octanol–water partition coefficient (Wildman–Crippen LogP) is 3.15. The second-order valence-electron chi connectivity index (χ2n) is 9.48. The number of halogens is 2. The monoisotopic (exact) mass is 470 g/mol. The maximum absolute atomic E-state index is 13.2. The van der Waals surface area contributed by atoms with Gasteiger partial charge in [-0.05, 0) is 81.6 Å². The van der Waals surface area contributed by atoms with Crippen LogP contribution in [-0.4, -0.2) is 55.7 Å². The summed E-state index contributed by atoms with van der Waals surface area (Å²) in [6.45, 7) is 1.74. The van der Waals surface area contributed by atoms with Crippen LogP contribution in [0.4, 0.5) is 8.78 Å². The van der Waals surface area contributed by atoms with Gasteiger partial charge in [0.2, 0.25) is 10.0 Å². The van der Waals surface area contributed by atoms with Gasteiger partial charge >= 0.3 is 6.29 Å². The van der Waals surface area contributed by atoms with Crippen LogP contribution in [0.2, 0.25) is 0 Å². The quantitative estimate of drug-likeness (QED) is 0.643. The predicted molar refractivity (Wildman–Crippen MR) is 112 cm³/mol. The number of nitrogens with zero attached hydrogens (tertiary/aromatic N) is 1. The van der Waals surface area contributed by atoms with E-state index in [0.717, 1.165) is 38.8 Å². The molecule has 3 saturated heterocycles. The van der Waals surface area contributed by atoms with E-state index in [0.29, 0.717) is 18.4 Å². The maximum Gasteiger partial charge on any atom is 0.586 e. The first kappa shape index (κ1) is 22.0. The number of fused-ring (bicyclic) bond motifs is 3. The SMILES string of the molecule is O=C(CC1C[C@H]2CC[C@@H](C1)N2S(=O)(=O)CC1CCNCC1)c1ccc2c(c1)OC(F)(F)O2. The van der Waals surface area contributed by atoms with Gasteiger partial charge in [-0.2, -0.15) is 4.31 Å². The molecule has 4 aliphatic heterocycles. The second kappa shape index (κ2) is 8.22. The molecule has 0 radical (unpaired) electrons. The lowest BCUT2D eigenvalue weighted by atomic mass is 9.87. The molecule has 3 fully saturated rings. The van der Waals surface area contributed by atoms with E-state index >= 15 is 0 Å². The standard InChI is InChI=1S/C22H28F2N2O5S/c23-22(24)30-20-4-1-16(12-21(20)31-22)19(27)11-15-9-17-2-3-18(10-15)26(17)32(28,29)13-14-5-7-25-8-6-14/h1,4,12,14-15,17-18,25H,2-3,5-11,13H2/t15?,17-,18+. The highest BCUT2D eigenvalue weighted by Gasteiger charge is 2.47. The second-order valence-corrected chi connectivity index (χ2v) is 11.4. The van der Waals surface area contributed by atoms with E-state index in [1.807, 2.05) is 0 Å². The van der Waals surface area contributed by atoms with Crippen LogP contribution in [0.3, 0.4) is 0 Å². The lowest BCUT2D eigenvalue weighted by Crippen LogP contribution is -2.49. The van der Waals surface area contributed by atoms with Crippen LogP contribution in [0.1, 0.15) is 55.3 Å². The van der Waals surface area contributed by atoms with Gasteiger partial charge < -0.3 is 14.8 Å². The number of hydrogen-bond donors (Lipinski definition) is 1. The normalized spacial score (nSPS) is 29.9. The van der Waals surface area contributed by atoms with E-state index in [9.17, 15) is 22.0 Å². The fourth-order valence-electron chi connectivity index (χ4n) is 5.80. The molecule has 7 nitrogen and oxygen atoms in total. The summed E-state index contributed by atoms with van der Waals surface area (Å²) in [4.78, 5) is 12.8. The summed E-state index contributed by atoms with van der Waals surface area (Å²) in [5, 5.41) is 3.27. The van der Waals surface area contributed by atoms with Crippen molar-refractivity contribution in [1.82, 2.24) is 9.62 Å². The Morgan fingerprint density at radius 3 is 2.38 bits per heavy atom. The van der Waals surface area contributed by atoms with E-state index in [1.165, 1.54) is 18.2 Å². The van der Waals surface area contributed by atoms with Crippen molar-refractivity contribution in [3.63, 3.8) is 0 Å². The molecule has 0 saturated carbocycles. The maximum atomic E-state index is 13.2. The molecule has 2 bridgehead atoms. The number of Topliss-reactive ketones (excluding diaryl/α,β-unsaturated/α-hetero) is 1. The first-order valence-corrected chi connectivity index (χ1v) is 13.0. The van der Waals surface area contributed by atoms with Gasteiger partial charge in [-0.25, -0.2) is 8.42 Å². The molecule has 0 amide bonds. The minimum Gasteiger partial charge on any atom is -0.395 e. The fourth-order valence-corrected chi connectivity index (χ4v) is 8.19. The molecule has 4 aliphatic rings. The Labute approximate surface area is 186 Å². The number of ketones is 1. The Morgan fingerprint density at radius 1 is 1.03 bits per heavy atom. The minimum absolute atomic E-state index is 0.0475. The summed E-state index contributed by atoms with van der Waals surface area (Å²) < 4.78 is 63.4. The van der Waals surface area contributed by atoms with Gasteiger partial charge in [0.1, 0.15) is 0 Å². The van der Waals surface area contributed by atoms with Crippen molar-refractivity contribution in [2.24, 2.45) is 11.8 Å². The largest absolute Gasteiger partial charge is 0.586 e. The summed E-state index contributed by atoms with van der Waals surface area (Å²) in [5.41, 5.74) is 0.304. The average Bonchev–Trinajstić information content (AvgIpc) is 3.20. The van der Waals surface area contributed by atoms with Crippen LogP contribution in [0.5, 0.6) is 11.5 Å². The Kier molecular flexibility index (Phi) is 5.66. The summed E-state index contributed by atoms with van der Waals surface area (Å²) in [6.07, 6.45) is 1.33. The zero-order valence-electron chi connectivity index (χ0n) is 17.8. The molecule has 0 spiro atoms. The first-order chi connectivity index (χ1) is 15.2. The molecule has 5 rings (SSSR count). The van der Waals surface area contributed by atoms with Gasteiger partial charge in [-0.3, -0.25) is 4.79 Å². The smallest absolute Gasteiger partial charge is 0.395 e. The van der Waals surface area contributed by atoms with Gasteiger partial charge in [0.15, 0.2) is 17.3 Å². The van der Waals surface area contributed by atoms with Gasteiger partial charge in [-0.1, -0.05) is 0 Å². The Bertz CT molecular complexity index is 982. The van der Waals surface area contributed by atoms with Crippen molar-refractivity contribution in [2.45, 2.75) is 63.3 Å². The first-order valence-electron chi connectivity index (χ1n) is 11.4. The van der Waals surface area contributed by atoms with Crippen LogP contribution < -0.4 is 14.8 Å². The number of carbonyl (C=O) groups is 1. The Morgan fingerprint density at radius 2 is 1.69 bits per heavy atom.